The van der Waals surface area contributed by atoms with Crippen LogP contribution >= 0.6 is 0 Å². The van der Waals surface area contributed by atoms with Gasteiger partial charge in [-0.25, -0.2) is 0 Å². The van der Waals surface area contributed by atoms with Crippen molar-refractivity contribution >= 4 is 0 Å². The number of hydroxylamine groups is 2. The highest BCUT2D eigenvalue weighted by molar-refractivity contribution is 4.99. The molecule has 0 aliphatic carbocycles. The van der Waals surface area contributed by atoms with Crippen molar-refractivity contribution in [2.75, 3.05) is 6.54 Å². The molecule has 0 aromatic heterocycles. The van der Waals surface area contributed by atoms with Gasteiger partial charge in [0.1, 0.15) is 0 Å². The molecule has 0 bridgehead atoms. The van der Waals surface area contributed by atoms with Crippen LogP contribution in [0.2, 0.25) is 0 Å². The molecule has 1 rings (SSSR count). The van der Waals surface area contributed by atoms with Crippen molar-refractivity contribution in [2.45, 2.75) is 51.4 Å². The van der Waals surface area contributed by atoms with Crippen molar-refractivity contribution in [3.63, 3.8) is 0 Å². The maximum Gasteiger partial charge on any atom is 0.0783 e. The van der Waals surface area contributed by atoms with E-state index in [-0.39, 0.29) is 11.6 Å². The lowest BCUT2D eigenvalue weighted by molar-refractivity contribution is -0.198. The first-order chi connectivity index (χ1) is 6.28. The molecular weight excluding hydrogens is 178 g/mol. The van der Waals surface area contributed by atoms with E-state index >= 15 is 0 Å². The monoisotopic (exact) mass is 198 g/mol. The second kappa shape index (κ2) is 3.65. The van der Waals surface area contributed by atoms with Gasteiger partial charge in [0.2, 0.25) is 0 Å². The van der Waals surface area contributed by atoms with Gasteiger partial charge in [-0.3, -0.25) is 0 Å². The second-order valence-corrected chi connectivity index (χ2v) is 5.08. The van der Waals surface area contributed by atoms with Gasteiger partial charge in [0.15, 0.2) is 0 Å². The Morgan fingerprint density at radius 3 is 2.50 bits per heavy atom. The van der Waals surface area contributed by atoms with Crippen molar-refractivity contribution in [2.24, 2.45) is 0 Å². The van der Waals surface area contributed by atoms with E-state index in [0.717, 1.165) is 5.06 Å². The van der Waals surface area contributed by atoms with Gasteiger partial charge in [-0.05, 0) is 34.1 Å². The Hall–Kier alpha value is -0.380. The Morgan fingerprint density at radius 2 is 2.07 bits per heavy atom. The van der Waals surface area contributed by atoms with Crippen LogP contribution in [0.5, 0.6) is 0 Å². The highest BCUT2D eigenvalue weighted by Gasteiger charge is 2.41. The number of morpholine rings is 1. The fourth-order valence-corrected chi connectivity index (χ4v) is 2.20. The molecule has 0 spiro atoms. The first-order valence-corrected chi connectivity index (χ1v) is 5.03. The van der Waals surface area contributed by atoms with Crippen molar-refractivity contribution < 1.29 is 4.74 Å². The Morgan fingerprint density at radius 1 is 1.50 bits per heavy atom. The summed E-state index contributed by atoms with van der Waals surface area (Å²) in [7, 11) is 0. The minimum absolute atomic E-state index is 0.118. The summed E-state index contributed by atoms with van der Waals surface area (Å²) in [5.74, 6) is 0. The number of hydrogen-bond donors (Lipinski definition) is 0. The molecule has 3 heteroatoms. The number of hydrogen-bond acceptors (Lipinski definition) is 3. The number of nitrogens with zero attached hydrogens (tertiary/aromatic N) is 1. The fourth-order valence-electron chi connectivity index (χ4n) is 2.20. The van der Waals surface area contributed by atoms with Gasteiger partial charge in [-0.1, -0.05) is 6.08 Å². The lowest BCUT2D eigenvalue weighted by Crippen LogP contribution is -2.61. The highest BCUT2D eigenvalue weighted by Crippen LogP contribution is 2.34. The zero-order valence-corrected chi connectivity index (χ0v) is 9.54. The zero-order valence-electron chi connectivity index (χ0n) is 9.54. The predicted octanol–water partition coefficient (Wildman–Crippen LogP) is 2.32. The van der Waals surface area contributed by atoms with Gasteiger partial charge in [0.05, 0.1) is 11.2 Å². The molecule has 1 heterocycles. The van der Waals surface area contributed by atoms with E-state index in [0.29, 0.717) is 13.0 Å². The molecule has 0 aromatic carbocycles. The van der Waals surface area contributed by atoms with Gasteiger partial charge >= 0.3 is 0 Å². The molecule has 0 aromatic rings. The lowest BCUT2D eigenvalue weighted by Gasteiger charge is -2.56. The minimum atomic E-state index is -0.405. The van der Waals surface area contributed by atoms with Gasteiger partial charge in [0.25, 0.3) is 0 Å². The Balaban J connectivity index is 2.83. The van der Waals surface area contributed by atoms with E-state index < -0.39 is 5.60 Å². The molecule has 1 saturated heterocycles. The first-order valence-electron chi connectivity index (χ1n) is 5.03. The van der Waals surface area contributed by atoms with Gasteiger partial charge in [-0.15, -0.1) is 6.58 Å². The summed E-state index contributed by atoms with van der Waals surface area (Å²) < 4.78 is 5.91. The second-order valence-electron chi connectivity index (χ2n) is 5.08. The van der Waals surface area contributed by atoms with Gasteiger partial charge < -0.3 is 15.0 Å². The van der Waals surface area contributed by atoms with E-state index in [2.05, 4.69) is 6.58 Å². The summed E-state index contributed by atoms with van der Waals surface area (Å²) >= 11 is 0. The largest absolute Gasteiger partial charge is 0.785 e. The predicted molar refractivity (Wildman–Crippen MR) is 57.9 cm³/mol. The summed E-state index contributed by atoms with van der Waals surface area (Å²) in [6.07, 6.45) is 2.45. The van der Waals surface area contributed by atoms with Crippen molar-refractivity contribution in [1.29, 1.82) is 0 Å². The summed E-state index contributed by atoms with van der Waals surface area (Å²) in [4.78, 5) is 0. The molecular formula is C11H20NO2-. The summed E-state index contributed by atoms with van der Waals surface area (Å²) in [6.45, 7) is 11.9. The molecule has 0 N–H and O–H groups in total. The average Bonchev–Trinajstić information content (AvgIpc) is 1.93. The van der Waals surface area contributed by atoms with Crippen molar-refractivity contribution in [1.82, 2.24) is 5.06 Å². The van der Waals surface area contributed by atoms with Crippen LogP contribution in [0, 0.1) is 5.21 Å². The highest BCUT2D eigenvalue weighted by atomic mass is 16.6. The van der Waals surface area contributed by atoms with Gasteiger partial charge in [0, 0.05) is 12.6 Å². The lowest BCUT2D eigenvalue weighted by atomic mass is 9.90. The van der Waals surface area contributed by atoms with Crippen LogP contribution in [0.25, 0.3) is 0 Å². The molecule has 3 nitrogen and oxygen atoms in total. The molecule has 0 amide bonds. The third kappa shape index (κ3) is 2.35. The first kappa shape index (κ1) is 11.7. The maximum atomic E-state index is 11.8. The van der Waals surface area contributed by atoms with Crippen LogP contribution in [0.1, 0.15) is 34.1 Å². The normalized spacial score (nSPS) is 31.4. The van der Waals surface area contributed by atoms with Gasteiger partial charge in [-0.2, -0.15) is 0 Å². The van der Waals surface area contributed by atoms with Crippen molar-refractivity contribution in [3.05, 3.63) is 17.9 Å². The smallest absolute Gasteiger partial charge is 0.0783 e. The van der Waals surface area contributed by atoms with E-state index in [1.165, 1.54) is 0 Å². The molecule has 1 fully saturated rings. The quantitative estimate of drug-likeness (QED) is 0.639. The van der Waals surface area contributed by atoms with E-state index in [1.54, 1.807) is 6.08 Å². The topological polar surface area (TPSA) is 35.5 Å². The molecule has 82 valence electrons. The fraction of sp³-hybridized carbons (Fsp3) is 0.818. The third-order valence-corrected chi connectivity index (χ3v) is 2.62. The Bertz CT molecular complexity index is 223. The van der Waals surface area contributed by atoms with Crippen LogP contribution in [-0.4, -0.2) is 28.9 Å². The standard InChI is InChI=1S/C11H20NO2/c1-6-7-9-11(4,5)14-10(2,3)8-12(9)13/h6,9H,1,7-8H2,2-5H3/q-1. The number of ether oxygens (including phenoxy) is 1. The SMILES string of the molecule is C=CCC1N([O-])CC(C)(C)OC1(C)C. The summed E-state index contributed by atoms with van der Waals surface area (Å²) in [6, 6.07) is -0.118. The zero-order chi connectivity index (χ0) is 11.0. The molecule has 1 unspecified atom stereocenters. The minimum Gasteiger partial charge on any atom is -0.785 e. The van der Waals surface area contributed by atoms with E-state index in [1.807, 2.05) is 27.7 Å². The Kier molecular flexibility index (Phi) is 3.04. The number of rotatable bonds is 2. The Labute approximate surface area is 86.3 Å². The maximum absolute atomic E-state index is 11.8. The van der Waals surface area contributed by atoms with Crippen LogP contribution in [-0.2, 0) is 4.74 Å². The van der Waals surface area contributed by atoms with E-state index in [9.17, 15) is 5.21 Å². The third-order valence-electron chi connectivity index (χ3n) is 2.62. The molecule has 1 aliphatic rings. The van der Waals surface area contributed by atoms with Crippen LogP contribution in [0.3, 0.4) is 0 Å². The van der Waals surface area contributed by atoms with Crippen LogP contribution in [0.4, 0.5) is 0 Å². The van der Waals surface area contributed by atoms with E-state index in [4.69, 9.17) is 4.74 Å². The molecule has 0 saturated carbocycles. The summed E-state index contributed by atoms with van der Waals surface area (Å²) in [5.41, 5.74) is -0.763. The van der Waals surface area contributed by atoms with Crippen LogP contribution in [0.15, 0.2) is 12.7 Å². The molecule has 14 heavy (non-hydrogen) atoms. The summed E-state index contributed by atoms with van der Waals surface area (Å²) in [5, 5.41) is 12.9. The molecule has 1 aliphatic heterocycles. The average molecular weight is 198 g/mol. The van der Waals surface area contributed by atoms with Crippen LogP contribution < -0.4 is 0 Å². The molecule has 0 radical (unpaired) electrons. The van der Waals surface area contributed by atoms with Crippen molar-refractivity contribution in [3.8, 4) is 0 Å². The molecule has 1 atom stereocenters.